The molecule has 5 nitrogen and oxygen atoms in total. The number of pyridine rings is 1. The van der Waals surface area contributed by atoms with Gasteiger partial charge in [-0.3, -0.25) is 14.7 Å². The fourth-order valence-corrected chi connectivity index (χ4v) is 4.26. The second-order valence-electron chi connectivity index (χ2n) is 9.11. The molecule has 0 bridgehead atoms. The Morgan fingerprint density at radius 1 is 1.30 bits per heavy atom. The normalized spacial score (nSPS) is 14.0. The van der Waals surface area contributed by atoms with Gasteiger partial charge in [-0.05, 0) is 51.5 Å². The van der Waals surface area contributed by atoms with Crippen LogP contribution in [0.1, 0.15) is 54.6 Å². The van der Waals surface area contributed by atoms with E-state index in [1.807, 2.05) is 18.2 Å². The summed E-state index contributed by atoms with van der Waals surface area (Å²) >= 11 is 1.64. The first-order valence-corrected chi connectivity index (χ1v) is 13.5. The lowest BCUT2D eigenvalue weighted by Gasteiger charge is -2.21. The van der Waals surface area contributed by atoms with Crippen LogP contribution in [0.2, 0.25) is 0 Å². The number of carbonyl (C=O) groups excluding carboxylic acids is 1. The van der Waals surface area contributed by atoms with Crippen molar-refractivity contribution in [2.24, 2.45) is 5.92 Å². The molecule has 0 spiro atoms. The SMILES string of the molecule is C=Cc1c(C(=C)N/C(=C\F)CCN(C)CSC)cc(CCCCNC(=O)C2CC2)nc1C(=C)C(F)(F)F. The van der Waals surface area contributed by atoms with Crippen molar-refractivity contribution in [1.82, 2.24) is 20.5 Å². The molecule has 1 amide bonds. The van der Waals surface area contributed by atoms with Crippen LogP contribution in [0.3, 0.4) is 0 Å². The molecule has 2 rings (SSSR count). The molecule has 0 saturated heterocycles. The van der Waals surface area contributed by atoms with Crippen LogP contribution in [0.5, 0.6) is 0 Å². The van der Waals surface area contributed by atoms with E-state index in [1.165, 1.54) is 6.08 Å². The molecule has 1 aromatic rings. The lowest BCUT2D eigenvalue weighted by molar-refractivity contribution is -0.122. The van der Waals surface area contributed by atoms with Crippen LogP contribution in [0.25, 0.3) is 17.3 Å². The minimum absolute atomic E-state index is 0.0539. The van der Waals surface area contributed by atoms with Crippen molar-refractivity contribution < 1.29 is 22.4 Å². The van der Waals surface area contributed by atoms with E-state index < -0.39 is 11.7 Å². The molecular formula is C27H36F4N4OS. The van der Waals surface area contributed by atoms with Crippen LogP contribution >= 0.6 is 11.8 Å². The highest BCUT2D eigenvalue weighted by molar-refractivity contribution is 7.98. The first-order chi connectivity index (χ1) is 17.5. The number of alkyl halides is 3. The number of hydrogen-bond acceptors (Lipinski definition) is 5. The highest BCUT2D eigenvalue weighted by Gasteiger charge is 2.35. The van der Waals surface area contributed by atoms with Gasteiger partial charge in [0.25, 0.3) is 0 Å². The van der Waals surface area contributed by atoms with Gasteiger partial charge in [0, 0.05) is 59.5 Å². The standard InChI is InChI=1S/C27H36F4N4OS/c1-6-23-24(19(3)33-22(16-28)12-14-35(4)17-37-5)15-21(34-25(23)18(2)27(29,30)31)9-7-8-13-32-26(36)20-10-11-20/h6,15-16,20,33H,1-3,7-14,17H2,4-5H3,(H,32,36)/b22-16-. The molecule has 0 aromatic carbocycles. The van der Waals surface area contributed by atoms with Crippen molar-refractivity contribution in [3.8, 4) is 0 Å². The average molecular weight is 541 g/mol. The maximum Gasteiger partial charge on any atom is 0.417 e. The molecule has 0 atom stereocenters. The van der Waals surface area contributed by atoms with Crippen molar-refractivity contribution in [2.45, 2.75) is 44.7 Å². The molecule has 2 N–H and O–H groups in total. The number of thioether (sulfide) groups is 1. The zero-order valence-electron chi connectivity index (χ0n) is 21.5. The van der Waals surface area contributed by atoms with Crippen LogP contribution in [0, 0.1) is 5.92 Å². The molecule has 0 aliphatic heterocycles. The highest BCUT2D eigenvalue weighted by atomic mass is 32.2. The highest BCUT2D eigenvalue weighted by Crippen LogP contribution is 2.36. The number of amides is 1. The summed E-state index contributed by atoms with van der Waals surface area (Å²) < 4.78 is 54.4. The predicted molar refractivity (Wildman–Crippen MR) is 145 cm³/mol. The second kappa shape index (κ2) is 14.4. The molecule has 1 aliphatic rings. The molecule has 1 aromatic heterocycles. The summed E-state index contributed by atoms with van der Waals surface area (Å²) in [6.45, 7) is 12.0. The van der Waals surface area contributed by atoms with Gasteiger partial charge in [0.15, 0.2) is 0 Å². The Kier molecular flexibility index (Phi) is 11.9. The fourth-order valence-electron chi connectivity index (χ4n) is 3.69. The number of halogens is 4. The Labute approximate surface area is 221 Å². The first kappa shape index (κ1) is 30.6. The third-order valence-corrected chi connectivity index (χ3v) is 6.63. The number of carbonyl (C=O) groups is 1. The van der Waals surface area contributed by atoms with Gasteiger partial charge in [-0.1, -0.05) is 25.8 Å². The first-order valence-electron chi connectivity index (χ1n) is 12.1. The summed E-state index contributed by atoms with van der Waals surface area (Å²) in [5.41, 5.74) is -0.0302. The lowest BCUT2D eigenvalue weighted by atomic mass is 9.97. The molecule has 10 heteroatoms. The topological polar surface area (TPSA) is 57.3 Å². The van der Waals surface area contributed by atoms with E-state index in [9.17, 15) is 22.4 Å². The molecule has 204 valence electrons. The summed E-state index contributed by atoms with van der Waals surface area (Å²) in [5.74, 6) is 0.958. The Hall–Kier alpha value is -2.59. The molecule has 0 radical (unpaired) electrons. The van der Waals surface area contributed by atoms with E-state index in [2.05, 4.69) is 35.4 Å². The van der Waals surface area contributed by atoms with Crippen molar-refractivity contribution in [2.75, 3.05) is 32.3 Å². The van der Waals surface area contributed by atoms with Gasteiger partial charge in [0.1, 0.15) is 6.33 Å². The Morgan fingerprint density at radius 2 is 2.00 bits per heavy atom. The smallest absolute Gasteiger partial charge is 0.357 e. The molecule has 1 fully saturated rings. The lowest BCUT2D eigenvalue weighted by Crippen LogP contribution is -2.25. The van der Waals surface area contributed by atoms with Crippen LogP contribution in [0.15, 0.2) is 37.8 Å². The largest absolute Gasteiger partial charge is 0.417 e. The minimum atomic E-state index is -4.69. The summed E-state index contributed by atoms with van der Waals surface area (Å²) in [7, 11) is 1.92. The van der Waals surface area contributed by atoms with E-state index in [1.54, 1.807) is 17.8 Å². The molecule has 1 aliphatic carbocycles. The van der Waals surface area contributed by atoms with Crippen LogP contribution in [0.4, 0.5) is 17.6 Å². The molecule has 1 heterocycles. The van der Waals surface area contributed by atoms with Crippen molar-refractivity contribution in [3.05, 3.63) is 60.3 Å². The van der Waals surface area contributed by atoms with Crippen molar-refractivity contribution >= 4 is 35.0 Å². The van der Waals surface area contributed by atoms with Gasteiger partial charge in [0.05, 0.1) is 11.3 Å². The number of unbranched alkanes of at least 4 members (excludes halogenated alkanes) is 1. The van der Waals surface area contributed by atoms with Gasteiger partial charge in [-0.2, -0.15) is 13.2 Å². The second-order valence-corrected chi connectivity index (χ2v) is 9.95. The van der Waals surface area contributed by atoms with E-state index in [4.69, 9.17) is 0 Å². The number of hydrogen-bond donors (Lipinski definition) is 2. The van der Waals surface area contributed by atoms with E-state index >= 15 is 0 Å². The molecular weight excluding hydrogens is 504 g/mol. The van der Waals surface area contributed by atoms with Crippen LogP contribution < -0.4 is 10.6 Å². The number of allylic oxidation sites excluding steroid dienone is 1. The number of nitrogens with one attached hydrogen (secondary N) is 2. The Balaban J connectivity index is 2.22. The summed E-state index contributed by atoms with van der Waals surface area (Å²) in [6, 6.07) is 1.65. The van der Waals surface area contributed by atoms with Gasteiger partial charge in [0.2, 0.25) is 5.91 Å². The third kappa shape index (κ3) is 9.66. The Morgan fingerprint density at radius 3 is 2.57 bits per heavy atom. The molecule has 37 heavy (non-hydrogen) atoms. The van der Waals surface area contributed by atoms with Crippen LogP contribution in [-0.2, 0) is 11.2 Å². The molecule has 0 unspecified atom stereocenters. The zero-order chi connectivity index (χ0) is 27.6. The van der Waals surface area contributed by atoms with Crippen molar-refractivity contribution in [1.29, 1.82) is 0 Å². The van der Waals surface area contributed by atoms with E-state index in [-0.39, 0.29) is 34.5 Å². The maximum absolute atomic E-state index is 13.6. The monoisotopic (exact) mass is 540 g/mol. The number of aromatic nitrogens is 1. The zero-order valence-corrected chi connectivity index (χ0v) is 22.3. The number of nitrogens with zero attached hydrogens (tertiary/aromatic N) is 2. The number of aryl methyl sites for hydroxylation is 1. The summed E-state index contributed by atoms with van der Waals surface area (Å²) in [5, 5.41) is 5.79. The van der Waals surface area contributed by atoms with E-state index in [0.29, 0.717) is 56.4 Å². The van der Waals surface area contributed by atoms with Crippen molar-refractivity contribution in [3.63, 3.8) is 0 Å². The van der Waals surface area contributed by atoms with Gasteiger partial charge in [-0.15, -0.1) is 11.8 Å². The summed E-state index contributed by atoms with van der Waals surface area (Å²) in [6.07, 6.45) is 2.88. The Bertz CT molecular complexity index is 1020. The predicted octanol–water partition coefficient (Wildman–Crippen LogP) is 6.16. The van der Waals surface area contributed by atoms with Crippen LogP contribution in [-0.4, -0.2) is 54.2 Å². The minimum Gasteiger partial charge on any atom is -0.357 e. The maximum atomic E-state index is 13.6. The van der Waals surface area contributed by atoms with E-state index in [0.717, 1.165) is 18.7 Å². The van der Waals surface area contributed by atoms with Gasteiger partial charge >= 0.3 is 6.18 Å². The number of rotatable bonds is 16. The summed E-state index contributed by atoms with van der Waals surface area (Å²) in [4.78, 5) is 18.1. The molecule has 1 saturated carbocycles. The van der Waals surface area contributed by atoms with Gasteiger partial charge in [-0.25, -0.2) is 4.39 Å². The quantitative estimate of drug-likeness (QED) is 0.149. The van der Waals surface area contributed by atoms with Gasteiger partial charge < -0.3 is 10.6 Å². The fraction of sp³-hybridized carbons (Fsp3) is 0.481. The third-order valence-electron chi connectivity index (χ3n) is 5.93. The average Bonchev–Trinajstić information content (AvgIpc) is 3.70.